The Hall–Kier alpha value is -3.96. The fourth-order valence-corrected chi connectivity index (χ4v) is 4.16. The molecule has 12 heteroatoms. The molecule has 3 rings (SSSR count). The molecule has 0 unspecified atom stereocenters. The van der Waals surface area contributed by atoms with E-state index in [1.807, 2.05) is 0 Å². The van der Waals surface area contributed by atoms with Gasteiger partial charge in [-0.25, -0.2) is 14.2 Å². The van der Waals surface area contributed by atoms with Gasteiger partial charge in [-0.05, 0) is 66.5 Å². The van der Waals surface area contributed by atoms with Gasteiger partial charge in [0.05, 0.1) is 29.1 Å². The lowest BCUT2D eigenvalue weighted by Crippen LogP contribution is -2.50. The number of carbonyl (C=O) groups is 3. The first-order valence-corrected chi connectivity index (χ1v) is 12.9. The molecule has 2 aromatic heterocycles. The van der Waals surface area contributed by atoms with Crippen molar-refractivity contribution >= 4 is 35.2 Å². The number of hydrogen-bond acceptors (Lipinski definition) is 8. The molecule has 3 amide bonds. The summed E-state index contributed by atoms with van der Waals surface area (Å²) in [6, 6.07) is 1.92. The second-order valence-corrected chi connectivity index (χ2v) is 11.7. The predicted molar refractivity (Wildman–Crippen MR) is 146 cm³/mol. The number of anilines is 3. The van der Waals surface area contributed by atoms with Crippen molar-refractivity contribution < 1.29 is 23.5 Å². The molecule has 0 saturated heterocycles. The molecular formula is C27H38FN7O4. The minimum absolute atomic E-state index is 0.0375. The summed E-state index contributed by atoms with van der Waals surface area (Å²) in [7, 11) is 0. The van der Waals surface area contributed by atoms with Crippen molar-refractivity contribution in [1.29, 1.82) is 0 Å². The van der Waals surface area contributed by atoms with E-state index in [9.17, 15) is 14.4 Å². The maximum absolute atomic E-state index is 15.4. The molecule has 11 nitrogen and oxygen atoms in total. The van der Waals surface area contributed by atoms with Crippen LogP contribution in [0.5, 0.6) is 0 Å². The lowest BCUT2D eigenvalue weighted by molar-refractivity contribution is 0.0488. The van der Waals surface area contributed by atoms with Crippen LogP contribution in [0, 0.1) is 5.82 Å². The third kappa shape index (κ3) is 8.79. The summed E-state index contributed by atoms with van der Waals surface area (Å²) in [4.78, 5) is 45.5. The molecule has 0 aliphatic heterocycles. The molecule has 0 bridgehead atoms. The Balaban J connectivity index is 1.93. The highest BCUT2D eigenvalue weighted by atomic mass is 19.1. The number of rotatable bonds is 7. The highest BCUT2D eigenvalue weighted by molar-refractivity contribution is 6.00. The van der Waals surface area contributed by atoms with Crippen LogP contribution in [0.2, 0.25) is 0 Å². The van der Waals surface area contributed by atoms with Crippen molar-refractivity contribution in [2.75, 3.05) is 10.6 Å². The van der Waals surface area contributed by atoms with Crippen LogP contribution in [-0.4, -0.2) is 51.1 Å². The Kier molecular flexibility index (Phi) is 8.98. The molecule has 6 N–H and O–H groups in total. The van der Waals surface area contributed by atoms with Crippen LogP contribution in [-0.2, 0) is 4.74 Å². The Morgan fingerprint density at radius 1 is 1.00 bits per heavy atom. The minimum atomic E-state index is -0.731. The van der Waals surface area contributed by atoms with E-state index < -0.39 is 34.9 Å². The summed E-state index contributed by atoms with van der Waals surface area (Å²) in [6.45, 7) is 10.8. The zero-order valence-corrected chi connectivity index (χ0v) is 23.3. The number of ether oxygens (including phenoxy) is 1. The van der Waals surface area contributed by atoms with Crippen molar-refractivity contribution in [1.82, 2.24) is 20.6 Å². The minimum Gasteiger partial charge on any atom is -0.444 e. The standard InChI is InChI=1S/C27H38FN7O4/c1-26(2,3)35-24(37)17-12-18(28)23(34-22(17)31-16-11-15(21(29)36)13-30-14-16)32-19-9-7-8-10-20(19)33-25(38)39-27(4,5)6/h11-14,19-20H,7-10H2,1-6H3,(H2,29,36)(H,33,38)(H,35,37)(H2,31,32,34)/t19-,20+/m1/s1. The van der Waals surface area contributed by atoms with Crippen molar-refractivity contribution in [3.63, 3.8) is 0 Å². The Bertz CT molecular complexity index is 1220. The second-order valence-electron chi connectivity index (χ2n) is 11.7. The first kappa shape index (κ1) is 29.6. The van der Waals surface area contributed by atoms with Crippen molar-refractivity contribution in [3.05, 3.63) is 41.5 Å². The molecule has 2 atom stereocenters. The smallest absolute Gasteiger partial charge is 0.407 e. The Labute approximate surface area is 227 Å². The summed E-state index contributed by atoms with van der Waals surface area (Å²) in [5.74, 6) is -1.98. The molecule has 1 fully saturated rings. The molecule has 39 heavy (non-hydrogen) atoms. The largest absolute Gasteiger partial charge is 0.444 e. The number of nitrogens with one attached hydrogen (secondary N) is 4. The number of aromatic nitrogens is 2. The molecule has 0 radical (unpaired) electrons. The van der Waals surface area contributed by atoms with Crippen LogP contribution in [0.25, 0.3) is 0 Å². The van der Waals surface area contributed by atoms with Crippen LogP contribution in [0.1, 0.15) is 87.9 Å². The third-order valence-electron chi connectivity index (χ3n) is 5.78. The van der Waals surface area contributed by atoms with Crippen LogP contribution < -0.4 is 27.0 Å². The van der Waals surface area contributed by atoms with Gasteiger partial charge in [-0.1, -0.05) is 12.8 Å². The van der Waals surface area contributed by atoms with E-state index in [1.165, 1.54) is 18.5 Å². The van der Waals surface area contributed by atoms with Gasteiger partial charge in [-0.3, -0.25) is 14.6 Å². The molecule has 212 valence electrons. The summed E-state index contributed by atoms with van der Waals surface area (Å²) in [5.41, 5.74) is 4.58. The fraction of sp³-hybridized carbons (Fsp3) is 0.519. The molecule has 2 heterocycles. The molecule has 1 aliphatic carbocycles. The second kappa shape index (κ2) is 11.8. The van der Waals surface area contributed by atoms with Crippen molar-refractivity contribution in [2.45, 2.75) is 90.4 Å². The highest BCUT2D eigenvalue weighted by Gasteiger charge is 2.30. The van der Waals surface area contributed by atoms with Gasteiger partial charge in [0.1, 0.15) is 11.4 Å². The SMILES string of the molecule is CC(C)(C)NC(=O)c1cc(F)c(N[C@@H]2CCCC[C@@H]2NC(=O)OC(C)(C)C)nc1Nc1cncc(C(N)=O)c1. The summed E-state index contributed by atoms with van der Waals surface area (Å²) >= 11 is 0. The average molecular weight is 544 g/mol. The van der Waals surface area contributed by atoms with Gasteiger partial charge in [0, 0.05) is 17.8 Å². The molecular weight excluding hydrogens is 505 g/mol. The monoisotopic (exact) mass is 543 g/mol. The van der Waals surface area contributed by atoms with E-state index in [0.717, 1.165) is 18.9 Å². The van der Waals surface area contributed by atoms with E-state index in [-0.39, 0.29) is 34.8 Å². The van der Waals surface area contributed by atoms with E-state index in [0.29, 0.717) is 18.5 Å². The van der Waals surface area contributed by atoms with Gasteiger partial charge in [0.25, 0.3) is 5.91 Å². The summed E-state index contributed by atoms with van der Waals surface area (Å²) in [5, 5.41) is 11.8. The molecule has 0 aromatic carbocycles. The van der Waals surface area contributed by atoms with E-state index in [1.54, 1.807) is 41.5 Å². The topological polar surface area (TPSA) is 160 Å². The lowest BCUT2D eigenvalue weighted by atomic mass is 9.90. The number of carbonyl (C=O) groups excluding carboxylic acids is 3. The number of amides is 3. The van der Waals surface area contributed by atoms with E-state index in [2.05, 4.69) is 31.2 Å². The maximum Gasteiger partial charge on any atom is 0.407 e. The van der Waals surface area contributed by atoms with Gasteiger partial charge in [0.2, 0.25) is 5.91 Å². The summed E-state index contributed by atoms with van der Waals surface area (Å²) < 4.78 is 20.8. The van der Waals surface area contributed by atoms with Crippen molar-refractivity contribution in [3.8, 4) is 0 Å². The van der Waals surface area contributed by atoms with Crippen molar-refractivity contribution in [2.24, 2.45) is 5.73 Å². The quantitative estimate of drug-likeness (QED) is 0.347. The third-order valence-corrected chi connectivity index (χ3v) is 5.78. The van der Waals surface area contributed by atoms with Gasteiger partial charge in [-0.2, -0.15) is 0 Å². The summed E-state index contributed by atoms with van der Waals surface area (Å²) in [6.07, 6.45) is 5.33. The number of alkyl carbamates (subject to hydrolysis) is 1. The Morgan fingerprint density at radius 2 is 1.67 bits per heavy atom. The lowest BCUT2D eigenvalue weighted by Gasteiger charge is -2.34. The van der Waals surface area contributed by atoms with Gasteiger partial charge in [-0.15, -0.1) is 0 Å². The van der Waals surface area contributed by atoms with Gasteiger partial charge in [0.15, 0.2) is 11.6 Å². The number of nitrogens with two attached hydrogens (primary N) is 1. The first-order chi connectivity index (χ1) is 18.1. The van der Waals surface area contributed by atoms with Gasteiger partial charge >= 0.3 is 6.09 Å². The zero-order valence-electron chi connectivity index (χ0n) is 23.3. The predicted octanol–water partition coefficient (Wildman–Crippen LogP) is 4.23. The number of primary amides is 1. The maximum atomic E-state index is 15.4. The fourth-order valence-electron chi connectivity index (χ4n) is 4.16. The molecule has 0 spiro atoms. The molecule has 1 saturated carbocycles. The Morgan fingerprint density at radius 3 is 2.28 bits per heavy atom. The van der Waals surface area contributed by atoms with E-state index >= 15 is 4.39 Å². The van der Waals surface area contributed by atoms with Crippen LogP contribution in [0.4, 0.5) is 26.5 Å². The van der Waals surface area contributed by atoms with E-state index in [4.69, 9.17) is 10.5 Å². The van der Waals surface area contributed by atoms with Crippen LogP contribution in [0.15, 0.2) is 24.5 Å². The average Bonchev–Trinajstić information content (AvgIpc) is 2.80. The van der Waals surface area contributed by atoms with Crippen LogP contribution >= 0.6 is 0 Å². The number of nitrogens with zero attached hydrogens (tertiary/aromatic N) is 2. The molecule has 2 aromatic rings. The number of hydrogen-bond donors (Lipinski definition) is 5. The first-order valence-electron chi connectivity index (χ1n) is 12.9. The molecule has 1 aliphatic rings. The normalized spacial score (nSPS) is 17.6. The van der Waals surface area contributed by atoms with Gasteiger partial charge < -0.3 is 31.7 Å². The zero-order chi connectivity index (χ0) is 29.0. The number of halogens is 1. The highest BCUT2D eigenvalue weighted by Crippen LogP contribution is 2.28. The number of pyridine rings is 2. The van der Waals surface area contributed by atoms with Crippen LogP contribution in [0.3, 0.4) is 0 Å².